The Hall–Kier alpha value is 0.270. The molecule has 0 radical (unpaired) electrons. The second-order valence-corrected chi connectivity index (χ2v) is 6.95. The van der Waals surface area contributed by atoms with Crippen LogP contribution < -0.4 is 5.73 Å². The van der Waals surface area contributed by atoms with E-state index in [9.17, 15) is 0 Å². The molecule has 2 atom stereocenters. The lowest BCUT2D eigenvalue weighted by Crippen LogP contribution is -2.47. The summed E-state index contributed by atoms with van der Waals surface area (Å²) in [5.41, 5.74) is 6.06. The van der Waals surface area contributed by atoms with Crippen molar-refractivity contribution in [2.45, 2.75) is 44.2 Å². The van der Waals surface area contributed by atoms with Gasteiger partial charge in [0.2, 0.25) is 0 Å². The zero-order valence-electron chi connectivity index (χ0n) is 10.1. The van der Waals surface area contributed by atoms with Gasteiger partial charge in [0.05, 0.1) is 0 Å². The second kappa shape index (κ2) is 4.87. The third kappa shape index (κ3) is 2.57. The summed E-state index contributed by atoms with van der Waals surface area (Å²) < 4.78 is 0. The van der Waals surface area contributed by atoms with Crippen LogP contribution in [0, 0.1) is 11.8 Å². The van der Waals surface area contributed by atoms with Gasteiger partial charge in [-0.05, 0) is 55.4 Å². The van der Waals surface area contributed by atoms with E-state index in [2.05, 4.69) is 16.7 Å². The minimum atomic E-state index is 0.697. The normalized spacial score (nSPS) is 32.2. The minimum Gasteiger partial charge on any atom is -0.329 e. The molecule has 3 heteroatoms. The fourth-order valence-electron chi connectivity index (χ4n) is 3.01. The minimum absolute atomic E-state index is 0.697. The van der Waals surface area contributed by atoms with Crippen LogP contribution in [0.3, 0.4) is 0 Å². The van der Waals surface area contributed by atoms with Crippen molar-refractivity contribution in [1.29, 1.82) is 0 Å². The fraction of sp³-hybridized carbons (Fsp3) is 1.00. The number of rotatable bonds is 6. The van der Waals surface area contributed by atoms with Crippen molar-refractivity contribution in [3.8, 4) is 0 Å². The fourth-order valence-corrected chi connectivity index (χ4v) is 4.34. The maximum Gasteiger partial charge on any atom is 0.0257 e. The molecule has 3 rings (SSSR count). The standard InChI is InChI=1S/C13H24N2S/c14-7-13(11-5-6-16-9-11)15(12-3-4-12)8-10-1-2-10/h10-13H,1-9,14H2. The largest absolute Gasteiger partial charge is 0.329 e. The monoisotopic (exact) mass is 240 g/mol. The van der Waals surface area contributed by atoms with Crippen molar-refractivity contribution < 1.29 is 0 Å². The van der Waals surface area contributed by atoms with Gasteiger partial charge in [-0.1, -0.05) is 0 Å². The molecular formula is C13H24N2S. The average Bonchev–Trinajstić information content (AvgIpc) is 3.20. The Labute approximate surface area is 103 Å². The molecule has 1 saturated heterocycles. The number of nitrogens with two attached hydrogens (primary N) is 1. The molecule has 2 saturated carbocycles. The summed E-state index contributed by atoms with van der Waals surface area (Å²) in [5, 5.41) is 0. The smallest absolute Gasteiger partial charge is 0.0257 e. The van der Waals surface area contributed by atoms with Crippen LogP contribution in [0.2, 0.25) is 0 Å². The molecule has 0 aromatic heterocycles. The summed E-state index contributed by atoms with van der Waals surface area (Å²) in [4.78, 5) is 2.80. The van der Waals surface area contributed by atoms with E-state index in [1.54, 1.807) is 0 Å². The van der Waals surface area contributed by atoms with E-state index in [-0.39, 0.29) is 0 Å². The maximum absolute atomic E-state index is 6.06. The first kappa shape index (κ1) is 11.4. The lowest BCUT2D eigenvalue weighted by Gasteiger charge is -2.35. The van der Waals surface area contributed by atoms with Crippen LogP contribution >= 0.6 is 11.8 Å². The Morgan fingerprint density at radius 1 is 1.19 bits per heavy atom. The van der Waals surface area contributed by atoms with E-state index in [0.717, 1.165) is 24.4 Å². The van der Waals surface area contributed by atoms with Gasteiger partial charge in [-0.15, -0.1) is 0 Å². The molecule has 0 spiro atoms. The molecule has 2 unspecified atom stereocenters. The molecule has 1 aliphatic heterocycles. The molecule has 92 valence electrons. The SMILES string of the molecule is NCC(C1CCSC1)N(CC1CC1)C1CC1. The zero-order chi connectivity index (χ0) is 11.0. The van der Waals surface area contributed by atoms with Crippen LogP contribution in [0.15, 0.2) is 0 Å². The van der Waals surface area contributed by atoms with E-state index in [1.807, 2.05) is 0 Å². The van der Waals surface area contributed by atoms with Gasteiger partial charge in [-0.25, -0.2) is 0 Å². The molecule has 0 bridgehead atoms. The summed E-state index contributed by atoms with van der Waals surface area (Å²) in [5.74, 6) is 4.62. The van der Waals surface area contributed by atoms with E-state index in [0.29, 0.717) is 6.04 Å². The summed E-state index contributed by atoms with van der Waals surface area (Å²) in [6, 6.07) is 1.60. The van der Waals surface area contributed by atoms with Crippen LogP contribution in [0.4, 0.5) is 0 Å². The number of hydrogen-bond donors (Lipinski definition) is 1. The third-order valence-electron chi connectivity index (χ3n) is 4.36. The first-order valence-corrected chi connectivity index (χ1v) is 8.07. The summed E-state index contributed by atoms with van der Waals surface area (Å²) in [6.45, 7) is 2.24. The Morgan fingerprint density at radius 3 is 2.50 bits per heavy atom. The van der Waals surface area contributed by atoms with E-state index in [4.69, 9.17) is 5.73 Å². The summed E-state index contributed by atoms with van der Waals surface area (Å²) in [6.07, 6.45) is 7.21. The van der Waals surface area contributed by atoms with Gasteiger partial charge in [0.25, 0.3) is 0 Å². The molecule has 2 aliphatic carbocycles. The molecule has 0 amide bonds. The molecule has 3 fully saturated rings. The predicted molar refractivity (Wildman–Crippen MR) is 70.7 cm³/mol. The van der Waals surface area contributed by atoms with E-state index < -0.39 is 0 Å². The van der Waals surface area contributed by atoms with E-state index >= 15 is 0 Å². The Morgan fingerprint density at radius 2 is 2.00 bits per heavy atom. The lowest BCUT2D eigenvalue weighted by molar-refractivity contribution is 0.139. The van der Waals surface area contributed by atoms with Gasteiger partial charge in [0, 0.05) is 25.2 Å². The summed E-state index contributed by atoms with van der Waals surface area (Å²) >= 11 is 2.13. The number of thioether (sulfide) groups is 1. The third-order valence-corrected chi connectivity index (χ3v) is 5.55. The quantitative estimate of drug-likeness (QED) is 0.769. The van der Waals surface area contributed by atoms with Crippen molar-refractivity contribution in [2.24, 2.45) is 17.6 Å². The van der Waals surface area contributed by atoms with Crippen molar-refractivity contribution >= 4 is 11.8 Å². The Bertz CT molecular complexity index is 232. The van der Waals surface area contributed by atoms with Crippen LogP contribution in [0.1, 0.15) is 32.1 Å². The van der Waals surface area contributed by atoms with Gasteiger partial charge in [0.15, 0.2) is 0 Å². The number of nitrogens with zero attached hydrogens (tertiary/aromatic N) is 1. The molecule has 2 N–H and O–H groups in total. The first-order chi connectivity index (χ1) is 7.88. The van der Waals surface area contributed by atoms with Crippen molar-refractivity contribution in [3.05, 3.63) is 0 Å². The van der Waals surface area contributed by atoms with Gasteiger partial charge < -0.3 is 5.73 Å². The van der Waals surface area contributed by atoms with Crippen LogP contribution in [0.25, 0.3) is 0 Å². The number of hydrogen-bond acceptors (Lipinski definition) is 3. The Balaban J connectivity index is 1.63. The van der Waals surface area contributed by atoms with Crippen molar-refractivity contribution in [2.75, 3.05) is 24.6 Å². The molecule has 16 heavy (non-hydrogen) atoms. The van der Waals surface area contributed by atoms with Gasteiger partial charge >= 0.3 is 0 Å². The highest BCUT2D eigenvalue weighted by Crippen LogP contribution is 2.39. The molecule has 1 heterocycles. The molecule has 3 aliphatic rings. The highest BCUT2D eigenvalue weighted by atomic mass is 32.2. The maximum atomic E-state index is 6.06. The summed E-state index contributed by atoms with van der Waals surface area (Å²) in [7, 11) is 0. The molecule has 2 nitrogen and oxygen atoms in total. The average molecular weight is 240 g/mol. The van der Waals surface area contributed by atoms with Gasteiger partial charge in [0.1, 0.15) is 0 Å². The van der Waals surface area contributed by atoms with Crippen molar-refractivity contribution in [1.82, 2.24) is 4.90 Å². The molecule has 0 aromatic carbocycles. The highest BCUT2D eigenvalue weighted by molar-refractivity contribution is 7.99. The van der Waals surface area contributed by atoms with Crippen LogP contribution in [0.5, 0.6) is 0 Å². The van der Waals surface area contributed by atoms with Crippen LogP contribution in [-0.2, 0) is 0 Å². The zero-order valence-corrected chi connectivity index (χ0v) is 10.9. The molecule has 0 aromatic rings. The highest BCUT2D eigenvalue weighted by Gasteiger charge is 2.40. The lowest BCUT2D eigenvalue weighted by atomic mass is 9.97. The van der Waals surface area contributed by atoms with Gasteiger partial charge in [-0.3, -0.25) is 4.90 Å². The first-order valence-electron chi connectivity index (χ1n) is 6.92. The Kier molecular flexibility index (Phi) is 3.46. The van der Waals surface area contributed by atoms with E-state index in [1.165, 1.54) is 50.2 Å². The topological polar surface area (TPSA) is 29.3 Å². The predicted octanol–water partition coefficient (Wildman–Crippen LogP) is 1.94. The van der Waals surface area contributed by atoms with Gasteiger partial charge in [-0.2, -0.15) is 11.8 Å². The molecular weight excluding hydrogens is 216 g/mol. The second-order valence-electron chi connectivity index (χ2n) is 5.80. The van der Waals surface area contributed by atoms with Crippen LogP contribution in [-0.4, -0.2) is 41.6 Å². The van der Waals surface area contributed by atoms with Crippen molar-refractivity contribution in [3.63, 3.8) is 0 Å².